The van der Waals surface area contributed by atoms with Crippen LogP contribution in [0.1, 0.15) is 24.0 Å². The molecule has 3 aromatic rings. The molecule has 2 heterocycles. The molecule has 1 aromatic heterocycles. The van der Waals surface area contributed by atoms with Crippen molar-refractivity contribution in [3.8, 4) is 5.75 Å². The monoisotopic (exact) mass is 444 g/mol. The first-order valence-corrected chi connectivity index (χ1v) is 11.1. The Kier molecular flexibility index (Phi) is 5.50. The van der Waals surface area contributed by atoms with Crippen molar-refractivity contribution in [2.75, 3.05) is 13.1 Å². The highest BCUT2D eigenvalue weighted by molar-refractivity contribution is 7.89. The third-order valence-corrected chi connectivity index (χ3v) is 7.09. The zero-order valence-electron chi connectivity index (χ0n) is 16.7. The molecule has 2 aromatic carbocycles. The van der Waals surface area contributed by atoms with Crippen molar-refractivity contribution in [2.45, 2.75) is 31.3 Å². The van der Waals surface area contributed by atoms with E-state index in [0.29, 0.717) is 29.6 Å². The van der Waals surface area contributed by atoms with E-state index in [4.69, 9.17) is 9.15 Å². The Morgan fingerprint density at radius 1 is 1.13 bits per heavy atom. The Balaban J connectivity index is 1.66. The fourth-order valence-corrected chi connectivity index (χ4v) is 5.15. The van der Waals surface area contributed by atoms with E-state index in [9.17, 15) is 23.3 Å². The molecule has 1 fully saturated rings. The van der Waals surface area contributed by atoms with E-state index in [1.54, 1.807) is 12.1 Å². The summed E-state index contributed by atoms with van der Waals surface area (Å²) >= 11 is 0. The maximum Gasteiger partial charge on any atom is 0.336 e. The van der Waals surface area contributed by atoms with Crippen LogP contribution in [-0.4, -0.2) is 30.7 Å². The summed E-state index contributed by atoms with van der Waals surface area (Å²) in [4.78, 5) is 22.6. The summed E-state index contributed by atoms with van der Waals surface area (Å²) in [5.74, 6) is -0.0844. The summed E-state index contributed by atoms with van der Waals surface area (Å²) in [6, 6.07) is 10.2. The topological polar surface area (TPSA) is 120 Å². The Hall–Kier alpha value is -3.24. The lowest BCUT2D eigenvalue weighted by molar-refractivity contribution is -0.386. The van der Waals surface area contributed by atoms with Crippen LogP contribution in [0, 0.1) is 17.0 Å². The molecular formula is C21H20N2O7S. The minimum Gasteiger partial charge on any atom is -0.482 e. The van der Waals surface area contributed by atoms with Gasteiger partial charge in [0.05, 0.1) is 9.82 Å². The van der Waals surface area contributed by atoms with Gasteiger partial charge in [-0.2, -0.15) is 4.31 Å². The van der Waals surface area contributed by atoms with E-state index in [2.05, 4.69) is 0 Å². The molecule has 31 heavy (non-hydrogen) atoms. The first-order valence-electron chi connectivity index (χ1n) is 9.70. The quantitative estimate of drug-likeness (QED) is 0.325. The van der Waals surface area contributed by atoms with Gasteiger partial charge < -0.3 is 9.15 Å². The molecule has 9 nitrogen and oxygen atoms in total. The van der Waals surface area contributed by atoms with E-state index in [1.807, 2.05) is 13.0 Å². The lowest BCUT2D eigenvalue weighted by Gasteiger charge is -2.16. The van der Waals surface area contributed by atoms with Crippen LogP contribution in [-0.2, 0) is 16.6 Å². The molecule has 0 saturated carbocycles. The van der Waals surface area contributed by atoms with Crippen molar-refractivity contribution in [3.63, 3.8) is 0 Å². The summed E-state index contributed by atoms with van der Waals surface area (Å²) in [6.45, 7) is 2.54. The molecule has 0 atom stereocenters. The van der Waals surface area contributed by atoms with Crippen LogP contribution in [0.3, 0.4) is 0 Å². The molecule has 10 heteroatoms. The van der Waals surface area contributed by atoms with Gasteiger partial charge in [0.15, 0.2) is 5.75 Å². The van der Waals surface area contributed by atoms with Gasteiger partial charge in [0.1, 0.15) is 12.2 Å². The number of rotatable bonds is 6. The van der Waals surface area contributed by atoms with E-state index >= 15 is 0 Å². The SMILES string of the molecule is Cc1ccc2c(COc3ccc(S(=O)(=O)N4CCCC4)cc3[N+](=O)[O-])cc(=O)oc2c1. The maximum atomic E-state index is 12.7. The van der Waals surface area contributed by atoms with Crippen LogP contribution in [0.25, 0.3) is 11.0 Å². The standard InChI is InChI=1S/C21H20N2O7S/c1-14-4-6-17-15(11-21(24)30-20(17)10-14)13-29-19-7-5-16(12-18(19)23(25)26)31(27,28)22-8-2-3-9-22/h4-7,10-12H,2-3,8-9,13H2,1H3. The Morgan fingerprint density at radius 3 is 2.58 bits per heavy atom. The molecule has 0 radical (unpaired) electrons. The van der Waals surface area contributed by atoms with Gasteiger partial charge in [-0.05, 0) is 43.5 Å². The molecule has 1 aliphatic rings. The molecule has 162 valence electrons. The van der Waals surface area contributed by atoms with Crippen molar-refractivity contribution in [1.29, 1.82) is 0 Å². The zero-order chi connectivity index (χ0) is 22.2. The second-order valence-electron chi connectivity index (χ2n) is 7.38. The van der Waals surface area contributed by atoms with Crippen molar-refractivity contribution < 1.29 is 22.5 Å². The second-order valence-corrected chi connectivity index (χ2v) is 9.31. The molecule has 1 aliphatic heterocycles. The largest absolute Gasteiger partial charge is 0.482 e. The highest BCUT2D eigenvalue weighted by Gasteiger charge is 2.30. The minimum atomic E-state index is -3.80. The molecule has 0 amide bonds. The number of aryl methyl sites for hydroxylation is 1. The molecule has 0 spiro atoms. The Bertz CT molecular complexity index is 1330. The van der Waals surface area contributed by atoms with Gasteiger partial charge in [-0.25, -0.2) is 13.2 Å². The summed E-state index contributed by atoms with van der Waals surface area (Å²) in [6.07, 6.45) is 1.53. The van der Waals surface area contributed by atoms with Crippen LogP contribution in [0.2, 0.25) is 0 Å². The van der Waals surface area contributed by atoms with Crippen molar-refractivity contribution in [2.24, 2.45) is 0 Å². The minimum absolute atomic E-state index is 0.0844. The first kappa shape index (κ1) is 21.0. The number of benzene rings is 2. The van der Waals surface area contributed by atoms with Gasteiger partial charge >= 0.3 is 11.3 Å². The molecule has 0 unspecified atom stereocenters. The zero-order valence-corrected chi connectivity index (χ0v) is 17.6. The Labute approximate surface area is 178 Å². The number of nitro groups is 1. The number of hydrogen-bond acceptors (Lipinski definition) is 7. The Morgan fingerprint density at radius 2 is 1.87 bits per heavy atom. The normalized spacial score (nSPS) is 14.7. The van der Waals surface area contributed by atoms with Crippen molar-refractivity contribution >= 4 is 26.7 Å². The van der Waals surface area contributed by atoms with Gasteiger partial charge in [0.25, 0.3) is 0 Å². The third-order valence-electron chi connectivity index (χ3n) is 5.20. The number of fused-ring (bicyclic) bond motifs is 1. The van der Waals surface area contributed by atoms with Crippen LogP contribution in [0.15, 0.2) is 56.6 Å². The number of ether oxygens (including phenoxy) is 1. The van der Waals surface area contributed by atoms with E-state index in [0.717, 1.165) is 24.5 Å². The average Bonchev–Trinajstić information content (AvgIpc) is 3.27. The third kappa shape index (κ3) is 4.17. The molecule has 1 saturated heterocycles. The van der Waals surface area contributed by atoms with Gasteiger partial charge in [0.2, 0.25) is 10.0 Å². The maximum absolute atomic E-state index is 12.7. The van der Waals surface area contributed by atoms with E-state index < -0.39 is 26.3 Å². The van der Waals surface area contributed by atoms with Crippen LogP contribution < -0.4 is 10.4 Å². The average molecular weight is 444 g/mol. The van der Waals surface area contributed by atoms with Crippen LogP contribution in [0.5, 0.6) is 5.75 Å². The first-order chi connectivity index (χ1) is 14.8. The molecule has 0 aliphatic carbocycles. The lowest BCUT2D eigenvalue weighted by atomic mass is 10.1. The van der Waals surface area contributed by atoms with Crippen LogP contribution in [0.4, 0.5) is 5.69 Å². The second kappa shape index (κ2) is 8.12. The number of nitro benzene ring substituents is 1. The van der Waals surface area contributed by atoms with Gasteiger partial charge in [0, 0.05) is 36.2 Å². The molecule has 0 N–H and O–H groups in total. The predicted octanol–water partition coefficient (Wildman–Crippen LogP) is 3.37. The number of nitrogens with zero attached hydrogens (tertiary/aromatic N) is 2. The van der Waals surface area contributed by atoms with Crippen LogP contribution >= 0.6 is 0 Å². The van der Waals surface area contributed by atoms with Crippen molar-refractivity contribution in [1.82, 2.24) is 4.31 Å². The smallest absolute Gasteiger partial charge is 0.336 e. The molecule has 0 bridgehead atoms. The van der Waals surface area contributed by atoms with Gasteiger partial charge in [-0.15, -0.1) is 0 Å². The van der Waals surface area contributed by atoms with E-state index in [-0.39, 0.29) is 17.3 Å². The number of sulfonamides is 1. The lowest BCUT2D eigenvalue weighted by Crippen LogP contribution is -2.27. The summed E-state index contributed by atoms with van der Waals surface area (Å²) in [7, 11) is -3.80. The molecular weight excluding hydrogens is 424 g/mol. The predicted molar refractivity (Wildman–Crippen MR) is 113 cm³/mol. The fourth-order valence-electron chi connectivity index (χ4n) is 3.61. The number of hydrogen-bond donors (Lipinski definition) is 0. The van der Waals surface area contributed by atoms with Gasteiger partial charge in [-0.1, -0.05) is 12.1 Å². The fraction of sp³-hybridized carbons (Fsp3) is 0.286. The summed E-state index contributed by atoms with van der Waals surface area (Å²) in [5.41, 5.74) is 0.808. The summed E-state index contributed by atoms with van der Waals surface area (Å²) < 4.78 is 37.6. The van der Waals surface area contributed by atoms with Gasteiger partial charge in [-0.3, -0.25) is 10.1 Å². The van der Waals surface area contributed by atoms with Crippen molar-refractivity contribution in [3.05, 3.63) is 74.1 Å². The summed E-state index contributed by atoms with van der Waals surface area (Å²) in [5, 5.41) is 12.2. The molecule has 4 rings (SSSR count). The highest BCUT2D eigenvalue weighted by atomic mass is 32.2. The highest BCUT2D eigenvalue weighted by Crippen LogP contribution is 2.32. The van der Waals surface area contributed by atoms with E-state index in [1.165, 1.54) is 22.5 Å².